The summed E-state index contributed by atoms with van der Waals surface area (Å²) in [5.74, 6) is 0.770. The molecule has 1 saturated heterocycles. The highest BCUT2D eigenvalue weighted by molar-refractivity contribution is 4.82. The molecule has 1 atom stereocenters. The van der Waals surface area contributed by atoms with Gasteiger partial charge in [-0.05, 0) is 38.8 Å². The fourth-order valence-electron chi connectivity index (χ4n) is 3.05. The molecule has 1 rings (SSSR count). The predicted octanol–water partition coefficient (Wildman–Crippen LogP) is 1.40. The van der Waals surface area contributed by atoms with Crippen LogP contribution in [0.1, 0.15) is 40.5 Å². The summed E-state index contributed by atoms with van der Waals surface area (Å²) in [4.78, 5) is 5.15. The van der Waals surface area contributed by atoms with Crippen molar-refractivity contribution in [3.05, 3.63) is 0 Å². The van der Waals surface area contributed by atoms with Crippen molar-refractivity contribution >= 4 is 0 Å². The smallest absolute Gasteiger partial charge is 0.0610 e. The van der Waals surface area contributed by atoms with Gasteiger partial charge in [0.2, 0.25) is 0 Å². The molecule has 1 heterocycles. The van der Waals surface area contributed by atoms with Crippen molar-refractivity contribution in [1.29, 1.82) is 0 Å². The Hall–Kier alpha value is -0.160. The van der Waals surface area contributed by atoms with E-state index in [1.807, 2.05) is 0 Å². The SMILES string of the molecule is CCNC(C)(CO)CCCN1CCN(CC(C)C)CC1. The quantitative estimate of drug-likeness (QED) is 0.672. The fourth-order valence-corrected chi connectivity index (χ4v) is 3.05. The van der Waals surface area contributed by atoms with E-state index in [2.05, 4.69) is 42.8 Å². The first-order valence-corrected chi connectivity index (χ1v) is 8.29. The Labute approximate surface area is 125 Å². The number of nitrogens with one attached hydrogen (secondary N) is 1. The van der Waals surface area contributed by atoms with E-state index in [1.165, 1.54) is 32.7 Å². The number of piperazine rings is 1. The minimum atomic E-state index is -0.103. The molecule has 0 aromatic carbocycles. The van der Waals surface area contributed by atoms with Crippen LogP contribution in [0.15, 0.2) is 0 Å². The van der Waals surface area contributed by atoms with Gasteiger partial charge in [-0.3, -0.25) is 0 Å². The number of hydrogen-bond acceptors (Lipinski definition) is 4. The number of hydrogen-bond donors (Lipinski definition) is 2. The van der Waals surface area contributed by atoms with Crippen LogP contribution in [0.25, 0.3) is 0 Å². The normalized spacial score (nSPS) is 21.3. The van der Waals surface area contributed by atoms with Crippen LogP contribution in [0.4, 0.5) is 0 Å². The highest BCUT2D eigenvalue weighted by Gasteiger charge is 2.22. The number of aliphatic hydroxyl groups excluding tert-OH is 1. The van der Waals surface area contributed by atoms with Gasteiger partial charge >= 0.3 is 0 Å². The maximum absolute atomic E-state index is 9.49. The highest BCUT2D eigenvalue weighted by Crippen LogP contribution is 2.13. The number of rotatable bonds is 9. The van der Waals surface area contributed by atoms with Crippen molar-refractivity contribution < 1.29 is 5.11 Å². The molecule has 0 bridgehead atoms. The van der Waals surface area contributed by atoms with Gasteiger partial charge in [-0.25, -0.2) is 0 Å². The van der Waals surface area contributed by atoms with E-state index in [1.54, 1.807) is 0 Å². The molecule has 1 fully saturated rings. The summed E-state index contributed by atoms with van der Waals surface area (Å²) in [6.45, 7) is 17.2. The molecular weight excluding hydrogens is 250 g/mol. The second kappa shape index (κ2) is 8.98. The zero-order valence-corrected chi connectivity index (χ0v) is 14.0. The lowest BCUT2D eigenvalue weighted by Crippen LogP contribution is -2.49. The lowest BCUT2D eigenvalue weighted by Gasteiger charge is -2.36. The standard InChI is InChI=1S/C16H35N3O/c1-5-17-16(4,14-20)7-6-8-18-9-11-19(12-10-18)13-15(2)3/h15,17,20H,5-14H2,1-4H3. The van der Waals surface area contributed by atoms with Crippen LogP contribution in [0.2, 0.25) is 0 Å². The lowest BCUT2D eigenvalue weighted by molar-refractivity contribution is 0.113. The Kier molecular flexibility index (Phi) is 8.03. The van der Waals surface area contributed by atoms with E-state index in [9.17, 15) is 5.11 Å². The Morgan fingerprint density at radius 3 is 2.25 bits per heavy atom. The molecule has 1 aliphatic heterocycles. The van der Waals surface area contributed by atoms with Gasteiger partial charge in [-0.2, -0.15) is 0 Å². The molecule has 0 amide bonds. The highest BCUT2D eigenvalue weighted by atomic mass is 16.3. The average Bonchev–Trinajstić information content (AvgIpc) is 2.40. The van der Waals surface area contributed by atoms with E-state index >= 15 is 0 Å². The van der Waals surface area contributed by atoms with E-state index < -0.39 is 0 Å². The predicted molar refractivity (Wildman–Crippen MR) is 86.1 cm³/mol. The van der Waals surface area contributed by atoms with Crippen molar-refractivity contribution in [2.75, 3.05) is 52.4 Å². The van der Waals surface area contributed by atoms with Crippen molar-refractivity contribution in [3.63, 3.8) is 0 Å². The largest absolute Gasteiger partial charge is 0.394 e. The van der Waals surface area contributed by atoms with E-state index in [-0.39, 0.29) is 12.1 Å². The van der Waals surface area contributed by atoms with Crippen molar-refractivity contribution in [3.8, 4) is 0 Å². The monoisotopic (exact) mass is 285 g/mol. The third-order valence-corrected chi connectivity index (χ3v) is 4.24. The molecule has 1 unspecified atom stereocenters. The van der Waals surface area contributed by atoms with Gasteiger partial charge in [-0.15, -0.1) is 0 Å². The summed E-state index contributed by atoms with van der Waals surface area (Å²) in [7, 11) is 0. The minimum absolute atomic E-state index is 0.103. The van der Waals surface area contributed by atoms with Gasteiger partial charge in [0, 0.05) is 38.3 Å². The van der Waals surface area contributed by atoms with Crippen LogP contribution in [0.3, 0.4) is 0 Å². The van der Waals surface area contributed by atoms with Crippen molar-refractivity contribution in [2.45, 2.75) is 46.1 Å². The average molecular weight is 285 g/mol. The van der Waals surface area contributed by atoms with E-state index in [0.717, 1.165) is 31.8 Å². The second-order valence-corrected chi connectivity index (χ2v) is 6.89. The Morgan fingerprint density at radius 1 is 1.15 bits per heavy atom. The number of aliphatic hydroxyl groups is 1. The molecule has 1 aliphatic rings. The summed E-state index contributed by atoms with van der Waals surface area (Å²) >= 11 is 0. The van der Waals surface area contributed by atoms with Crippen molar-refractivity contribution in [2.24, 2.45) is 5.92 Å². The molecule has 0 saturated carbocycles. The van der Waals surface area contributed by atoms with Gasteiger partial charge in [0.15, 0.2) is 0 Å². The van der Waals surface area contributed by atoms with E-state index in [0.29, 0.717) is 0 Å². The Balaban J connectivity index is 2.18. The molecule has 4 nitrogen and oxygen atoms in total. The lowest BCUT2D eigenvalue weighted by atomic mass is 9.96. The topological polar surface area (TPSA) is 38.7 Å². The molecule has 0 radical (unpaired) electrons. The molecule has 0 aromatic rings. The van der Waals surface area contributed by atoms with Gasteiger partial charge in [0.05, 0.1) is 6.61 Å². The first kappa shape index (κ1) is 17.9. The first-order chi connectivity index (χ1) is 9.49. The van der Waals surface area contributed by atoms with Crippen LogP contribution in [-0.2, 0) is 0 Å². The summed E-state index contributed by atoms with van der Waals surface area (Å²) in [6.07, 6.45) is 2.21. The Morgan fingerprint density at radius 2 is 1.75 bits per heavy atom. The maximum Gasteiger partial charge on any atom is 0.0610 e. The van der Waals surface area contributed by atoms with Gasteiger partial charge < -0.3 is 20.2 Å². The van der Waals surface area contributed by atoms with Crippen LogP contribution in [-0.4, -0.2) is 72.9 Å². The zero-order chi connectivity index (χ0) is 15.0. The second-order valence-electron chi connectivity index (χ2n) is 6.89. The molecule has 4 heteroatoms. The first-order valence-electron chi connectivity index (χ1n) is 8.29. The maximum atomic E-state index is 9.49. The number of likely N-dealkylation sites (N-methyl/N-ethyl adjacent to an activating group) is 1. The molecule has 2 N–H and O–H groups in total. The van der Waals surface area contributed by atoms with Gasteiger partial charge in [0.25, 0.3) is 0 Å². The molecule has 20 heavy (non-hydrogen) atoms. The van der Waals surface area contributed by atoms with Crippen LogP contribution >= 0.6 is 0 Å². The zero-order valence-electron chi connectivity index (χ0n) is 14.0. The molecule has 0 aromatic heterocycles. The number of nitrogens with zero attached hydrogens (tertiary/aromatic N) is 2. The fraction of sp³-hybridized carbons (Fsp3) is 1.00. The van der Waals surface area contributed by atoms with Gasteiger partial charge in [0.1, 0.15) is 0 Å². The van der Waals surface area contributed by atoms with Crippen LogP contribution < -0.4 is 5.32 Å². The van der Waals surface area contributed by atoms with Crippen LogP contribution in [0.5, 0.6) is 0 Å². The van der Waals surface area contributed by atoms with Crippen LogP contribution in [0, 0.1) is 5.92 Å². The molecule has 0 aliphatic carbocycles. The molecular formula is C16H35N3O. The van der Waals surface area contributed by atoms with Gasteiger partial charge in [-0.1, -0.05) is 20.8 Å². The molecule has 0 spiro atoms. The Bertz CT molecular complexity index is 252. The summed E-state index contributed by atoms with van der Waals surface area (Å²) in [6, 6.07) is 0. The third kappa shape index (κ3) is 6.53. The third-order valence-electron chi connectivity index (χ3n) is 4.24. The van der Waals surface area contributed by atoms with E-state index in [4.69, 9.17) is 0 Å². The van der Waals surface area contributed by atoms with Crippen molar-refractivity contribution in [1.82, 2.24) is 15.1 Å². The minimum Gasteiger partial charge on any atom is -0.394 e. The summed E-state index contributed by atoms with van der Waals surface area (Å²) in [5, 5.41) is 12.9. The summed E-state index contributed by atoms with van der Waals surface area (Å²) < 4.78 is 0. The summed E-state index contributed by atoms with van der Waals surface area (Å²) in [5.41, 5.74) is -0.103. The molecule has 120 valence electrons.